The molecule has 4 nitrogen and oxygen atoms in total. The average molecular weight is 294 g/mol. The molecule has 2 aromatic carbocycles. The molecule has 0 fully saturated rings. The molecule has 0 aliphatic carbocycles. The normalized spacial score (nSPS) is 12.5. The first-order valence-corrected chi connectivity index (χ1v) is 7.20. The molecular weight excluding hydrogens is 272 g/mol. The predicted octanol–water partition coefficient (Wildman–Crippen LogP) is 2.95. The molecule has 0 radical (unpaired) electrons. The SMILES string of the molecule is Cc1cc(C)c(C)c(C(=N/N)/C(=N/N)c2ccccc2)c1C. The Labute approximate surface area is 131 Å². The van der Waals surface area contributed by atoms with Gasteiger partial charge in [0, 0.05) is 11.1 Å². The van der Waals surface area contributed by atoms with Gasteiger partial charge in [-0.25, -0.2) is 0 Å². The van der Waals surface area contributed by atoms with Crippen LogP contribution in [0, 0.1) is 27.7 Å². The van der Waals surface area contributed by atoms with Crippen molar-refractivity contribution in [1.82, 2.24) is 0 Å². The van der Waals surface area contributed by atoms with Crippen LogP contribution in [0.3, 0.4) is 0 Å². The van der Waals surface area contributed by atoms with Gasteiger partial charge < -0.3 is 11.7 Å². The molecule has 0 atom stereocenters. The molecule has 0 aliphatic rings. The van der Waals surface area contributed by atoms with Crippen molar-refractivity contribution >= 4 is 11.4 Å². The fourth-order valence-corrected chi connectivity index (χ4v) is 2.68. The second-order valence-corrected chi connectivity index (χ2v) is 5.46. The maximum atomic E-state index is 5.71. The quantitative estimate of drug-likeness (QED) is 0.518. The molecule has 0 aromatic heterocycles. The van der Waals surface area contributed by atoms with E-state index in [0.717, 1.165) is 22.3 Å². The zero-order valence-electron chi connectivity index (χ0n) is 13.5. The van der Waals surface area contributed by atoms with Crippen LogP contribution in [0.4, 0.5) is 0 Å². The third-order valence-corrected chi connectivity index (χ3v) is 4.13. The highest BCUT2D eigenvalue weighted by molar-refractivity contribution is 6.54. The Hall–Kier alpha value is -2.62. The number of rotatable bonds is 3. The molecule has 0 bridgehead atoms. The molecular formula is C18H22N4. The minimum atomic E-state index is 0.597. The first kappa shape index (κ1) is 15.8. The summed E-state index contributed by atoms with van der Waals surface area (Å²) in [5.41, 5.74) is 7.80. The van der Waals surface area contributed by atoms with Gasteiger partial charge in [-0.2, -0.15) is 10.2 Å². The van der Waals surface area contributed by atoms with Gasteiger partial charge >= 0.3 is 0 Å². The highest BCUT2D eigenvalue weighted by Gasteiger charge is 2.20. The molecule has 4 heteroatoms. The van der Waals surface area contributed by atoms with Gasteiger partial charge in [-0.3, -0.25) is 0 Å². The van der Waals surface area contributed by atoms with Crippen LogP contribution in [0.25, 0.3) is 0 Å². The van der Waals surface area contributed by atoms with E-state index in [-0.39, 0.29) is 0 Å². The van der Waals surface area contributed by atoms with E-state index in [1.807, 2.05) is 30.3 Å². The third kappa shape index (κ3) is 2.72. The van der Waals surface area contributed by atoms with Gasteiger partial charge in [0.1, 0.15) is 11.4 Å². The number of hydrogen-bond acceptors (Lipinski definition) is 4. The summed E-state index contributed by atoms with van der Waals surface area (Å²) in [6.45, 7) is 8.31. The number of hydrogen-bond donors (Lipinski definition) is 2. The molecule has 0 saturated carbocycles. The first-order chi connectivity index (χ1) is 10.5. The number of hydrazone groups is 2. The largest absolute Gasteiger partial charge is 0.323 e. The summed E-state index contributed by atoms with van der Waals surface area (Å²) in [5, 5.41) is 7.97. The van der Waals surface area contributed by atoms with E-state index in [2.05, 4.69) is 44.0 Å². The fraction of sp³-hybridized carbons (Fsp3) is 0.222. The zero-order valence-corrected chi connectivity index (χ0v) is 13.5. The van der Waals surface area contributed by atoms with Crippen molar-refractivity contribution in [1.29, 1.82) is 0 Å². The summed E-state index contributed by atoms with van der Waals surface area (Å²) >= 11 is 0. The lowest BCUT2D eigenvalue weighted by atomic mass is 9.88. The van der Waals surface area contributed by atoms with Crippen LogP contribution in [0.15, 0.2) is 46.6 Å². The van der Waals surface area contributed by atoms with Crippen LogP contribution in [0.1, 0.15) is 33.4 Å². The van der Waals surface area contributed by atoms with E-state index in [9.17, 15) is 0 Å². The summed E-state index contributed by atoms with van der Waals surface area (Å²) < 4.78 is 0. The molecule has 2 aromatic rings. The van der Waals surface area contributed by atoms with E-state index >= 15 is 0 Å². The van der Waals surface area contributed by atoms with E-state index in [4.69, 9.17) is 11.7 Å². The Bertz CT molecular complexity index is 717. The lowest BCUT2D eigenvalue weighted by molar-refractivity contribution is 1.19. The summed E-state index contributed by atoms with van der Waals surface area (Å²) in [7, 11) is 0. The molecule has 0 saturated heterocycles. The van der Waals surface area contributed by atoms with Crippen molar-refractivity contribution in [2.45, 2.75) is 27.7 Å². The van der Waals surface area contributed by atoms with Crippen LogP contribution in [0.5, 0.6) is 0 Å². The molecule has 2 rings (SSSR count). The van der Waals surface area contributed by atoms with Crippen molar-refractivity contribution in [3.63, 3.8) is 0 Å². The van der Waals surface area contributed by atoms with Gasteiger partial charge in [-0.05, 0) is 49.9 Å². The predicted molar refractivity (Wildman–Crippen MR) is 93.3 cm³/mol. The van der Waals surface area contributed by atoms with Crippen molar-refractivity contribution in [3.8, 4) is 0 Å². The molecule has 0 heterocycles. The molecule has 0 unspecified atom stereocenters. The highest BCUT2D eigenvalue weighted by atomic mass is 15.2. The van der Waals surface area contributed by atoms with Crippen LogP contribution < -0.4 is 11.7 Å². The highest BCUT2D eigenvalue weighted by Crippen LogP contribution is 2.24. The lowest BCUT2D eigenvalue weighted by Gasteiger charge is -2.17. The molecule has 0 spiro atoms. The molecule has 22 heavy (non-hydrogen) atoms. The van der Waals surface area contributed by atoms with Gasteiger partial charge in [0.2, 0.25) is 0 Å². The number of nitrogens with two attached hydrogens (primary N) is 2. The Kier molecular flexibility index (Phi) is 4.61. The van der Waals surface area contributed by atoms with Crippen molar-refractivity contribution in [2.24, 2.45) is 21.9 Å². The summed E-state index contributed by atoms with van der Waals surface area (Å²) in [4.78, 5) is 0. The van der Waals surface area contributed by atoms with Crippen LogP contribution in [-0.2, 0) is 0 Å². The van der Waals surface area contributed by atoms with Crippen molar-refractivity contribution in [2.75, 3.05) is 0 Å². The Morgan fingerprint density at radius 2 is 1.27 bits per heavy atom. The van der Waals surface area contributed by atoms with E-state index in [1.165, 1.54) is 11.1 Å². The van der Waals surface area contributed by atoms with Crippen LogP contribution in [0.2, 0.25) is 0 Å². The zero-order chi connectivity index (χ0) is 16.3. The van der Waals surface area contributed by atoms with Gasteiger partial charge in [-0.15, -0.1) is 0 Å². The maximum absolute atomic E-state index is 5.71. The topological polar surface area (TPSA) is 76.8 Å². The van der Waals surface area contributed by atoms with Gasteiger partial charge in [0.25, 0.3) is 0 Å². The maximum Gasteiger partial charge on any atom is 0.118 e. The number of nitrogens with zero attached hydrogens (tertiary/aromatic N) is 2. The standard InChI is InChI=1S/C18H22N4/c1-11-10-12(2)14(4)16(13(11)3)18(22-20)17(21-19)15-8-6-5-7-9-15/h5-10H,19-20H2,1-4H3/b21-17+,22-18-. The number of aryl methyl sites for hydroxylation is 2. The average Bonchev–Trinajstić information content (AvgIpc) is 2.53. The Morgan fingerprint density at radius 1 is 0.773 bits per heavy atom. The van der Waals surface area contributed by atoms with Crippen LogP contribution >= 0.6 is 0 Å². The molecule has 0 amide bonds. The second-order valence-electron chi connectivity index (χ2n) is 5.46. The number of benzene rings is 2. The first-order valence-electron chi connectivity index (χ1n) is 7.20. The van der Waals surface area contributed by atoms with Crippen molar-refractivity contribution < 1.29 is 0 Å². The minimum Gasteiger partial charge on any atom is -0.323 e. The minimum absolute atomic E-state index is 0.597. The third-order valence-electron chi connectivity index (χ3n) is 4.13. The fourth-order valence-electron chi connectivity index (χ4n) is 2.68. The van der Waals surface area contributed by atoms with Gasteiger partial charge in [-0.1, -0.05) is 36.4 Å². The summed E-state index contributed by atoms with van der Waals surface area (Å²) in [5.74, 6) is 11.4. The van der Waals surface area contributed by atoms with Gasteiger partial charge in [0.15, 0.2) is 0 Å². The molecule has 4 N–H and O–H groups in total. The van der Waals surface area contributed by atoms with Crippen LogP contribution in [-0.4, -0.2) is 11.4 Å². The second kappa shape index (κ2) is 6.43. The summed E-state index contributed by atoms with van der Waals surface area (Å²) in [6, 6.07) is 11.9. The van der Waals surface area contributed by atoms with E-state index in [1.54, 1.807) is 0 Å². The Balaban J connectivity index is 2.69. The van der Waals surface area contributed by atoms with Crippen molar-refractivity contribution in [3.05, 3.63) is 69.8 Å². The van der Waals surface area contributed by atoms with Gasteiger partial charge in [0.05, 0.1) is 0 Å². The summed E-state index contributed by atoms with van der Waals surface area (Å²) in [6.07, 6.45) is 0. The molecule has 114 valence electrons. The monoisotopic (exact) mass is 294 g/mol. The molecule has 0 aliphatic heterocycles. The Morgan fingerprint density at radius 3 is 1.73 bits per heavy atom. The van der Waals surface area contributed by atoms with E-state index < -0.39 is 0 Å². The lowest BCUT2D eigenvalue weighted by Crippen LogP contribution is -2.23. The smallest absolute Gasteiger partial charge is 0.118 e. The van der Waals surface area contributed by atoms with E-state index in [0.29, 0.717) is 11.4 Å².